The molecule has 146 valence electrons. The molecule has 2 amide bonds. The van der Waals surface area contributed by atoms with Gasteiger partial charge in [-0.2, -0.15) is 5.10 Å². The Morgan fingerprint density at radius 3 is 2.64 bits per heavy atom. The number of nitrogens with zero attached hydrogens (tertiary/aromatic N) is 2. The second-order valence-corrected chi connectivity index (χ2v) is 7.27. The largest absolute Gasteiger partial charge is 0.444 e. The predicted octanol–water partition coefficient (Wildman–Crippen LogP) is 3.01. The zero-order chi connectivity index (χ0) is 20.1. The zero-order valence-electron chi connectivity index (χ0n) is 15.6. The molecular weight excluding hydrogens is 424 g/mol. The van der Waals surface area contributed by atoms with Crippen LogP contribution in [0.3, 0.4) is 0 Å². The van der Waals surface area contributed by atoms with Gasteiger partial charge >= 0.3 is 0 Å². The monoisotopic (exact) mass is 444 g/mol. The molecule has 0 unspecified atom stereocenters. The lowest BCUT2D eigenvalue weighted by Crippen LogP contribution is -2.41. The number of halogens is 1. The predicted molar refractivity (Wildman–Crippen MR) is 108 cm³/mol. The number of hydrogen-bond donors (Lipinski definition) is 2. The molecule has 7 nitrogen and oxygen atoms in total. The molecule has 8 heteroatoms. The van der Waals surface area contributed by atoms with Crippen molar-refractivity contribution >= 4 is 27.7 Å². The zero-order valence-corrected chi connectivity index (χ0v) is 17.2. The van der Waals surface area contributed by atoms with Gasteiger partial charge in [-0.1, -0.05) is 18.2 Å². The number of aryl methyl sites for hydroxylation is 1. The Balaban J connectivity index is 1.55. The number of aromatic nitrogens is 2. The van der Waals surface area contributed by atoms with E-state index < -0.39 is 5.91 Å². The van der Waals surface area contributed by atoms with Gasteiger partial charge in [0.05, 0.1) is 17.9 Å². The molecule has 0 spiro atoms. The minimum Gasteiger partial charge on any atom is -0.444 e. The number of furan rings is 1. The van der Waals surface area contributed by atoms with E-state index in [0.29, 0.717) is 11.1 Å². The van der Waals surface area contributed by atoms with Crippen molar-refractivity contribution in [3.05, 3.63) is 70.3 Å². The first kappa shape index (κ1) is 19.9. The van der Waals surface area contributed by atoms with Gasteiger partial charge < -0.3 is 15.1 Å². The summed E-state index contributed by atoms with van der Waals surface area (Å²) in [5, 5.41) is 9.97. The Kier molecular flexibility index (Phi) is 6.30. The van der Waals surface area contributed by atoms with Gasteiger partial charge in [0.1, 0.15) is 0 Å². The molecule has 2 N–H and O–H groups in total. The fraction of sp³-hybridized carbons (Fsp3) is 0.250. The summed E-state index contributed by atoms with van der Waals surface area (Å²) in [7, 11) is 0. The SMILES string of the molecule is Cc1cc(C[C@@H](C)NC(=O)CNC(=O)c2ccc(Br)o2)n(-c2ccccc2)n1. The first-order valence-electron chi connectivity index (χ1n) is 8.86. The lowest BCUT2D eigenvalue weighted by atomic mass is 10.1. The van der Waals surface area contributed by atoms with Gasteiger partial charge in [0.2, 0.25) is 5.91 Å². The van der Waals surface area contributed by atoms with Crippen molar-refractivity contribution in [3.8, 4) is 5.69 Å². The smallest absolute Gasteiger partial charge is 0.287 e. The molecule has 1 atom stereocenters. The number of amides is 2. The minimum atomic E-state index is -0.439. The van der Waals surface area contributed by atoms with Gasteiger partial charge in [0.25, 0.3) is 5.91 Å². The maximum Gasteiger partial charge on any atom is 0.287 e. The van der Waals surface area contributed by atoms with Gasteiger partial charge in [0.15, 0.2) is 10.4 Å². The third-order valence-electron chi connectivity index (χ3n) is 4.04. The molecule has 0 aliphatic rings. The number of benzene rings is 1. The molecule has 3 rings (SSSR count). The summed E-state index contributed by atoms with van der Waals surface area (Å²) in [6, 6.07) is 14.9. The van der Waals surface area contributed by atoms with Crippen LogP contribution in [0, 0.1) is 6.92 Å². The van der Waals surface area contributed by atoms with Crippen LogP contribution < -0.4 is 10.6 Å². The van der Waals surface area contributed by atoms with Crippen LogP contribution in [0.2, 0.25) is 0 Å². The Bertz CT molecular complexity index is 965. The van der Waals surface area contributed by atoms with Crippen molar-refractivity contribution in [3.63, 3.8) is 0 Å². The molecule has 28 heavy (non-hydrogen) atoms. The summed E-state index contributed by atoms with van der Waals surface area (Å²) in [6.45, 7) is 3.73. The molecule has 0 saturated carbocycles. The Labute approximate surface area is 171 Å². The molecule has 2 aromatic heterocycles. The molecule has 0 aliphatic heterocycles. The van der Waals surface area contributed by atoms with Crippen molar-refractivity contribution in [1.82, 2.24) is 20.4 Å². The van der Waals surface area contributed by atoms with E-state index in [1.807, 2.05) is 54.9 Å². The number of rotatable bonds is 7. The number of carbonyl (C=O) groups excluding carboxylic acids is 2. The van der Waals surface area contributed by atoms with Crippen LogP contribution in [-0.4, -0.2) is 34.2 Å². The fourth-order valence-corrected chi connectivity index (χ4v) is 3.17. The van der Waals surface area contributed by atoms with E-state index in [0.717, 1.165) is 17.1 Å². The normalized spacial score (nSPS) is 11.8. The van der Waals surface area contributed by atoms with Crippen LogP contribution in [0.1, 0.15) is 28.9 Å². The molecule has 0 aliphatic carbocycles. The van der Waals surface area contributed by atoms with Gasteiger partial charge in [-0.05, 0) is 60.1 Å². The van der Waals surface area contributed by atoms with Crippen LogP contribution in [0.4, 0.5) is 0 Å². The Morgan fingerprint density at radius 1 is 1.21 bits per heavy atom. The standard InChI is InChI=1S/C20H21BrN4O3/c1-13(23-19(26)12-22-20(27)17-8-9-18(21)28-17)10-16-11-14(2)24-25(16)15-6-4-3-5-7-15/h3-9,11,13H,10,12H2,1-2H3,(H,22,27)(H,23,26)/t13-/m1/s1. The van der Waals surface area contributed by atoms with Crippen LogP contribution in [-0.2, 0) is 11.2 Å². The second kappa shape index (κ2) is 8.88. The maximum absolute atomic E-state index is 12.2. The molecule has 0 saturated heterocycles. The second-order valence-electron chi connectivity index (χ2n) is 6.48. The molecular formula is C20H21BrN4O3. The highest BCUT2D eigenvalue weighted by Gasteiger charge is 2.15. The topological polar surface area (TPSA) is 89.2 Å². The number of hydrogen-bond acceptors (Lipinski definition) is 4. The molecule has 1 aromatic carbocycles. The molecule has 0 fully saturated rings. The van der Waals surface area contributed by atoms with Gasteiger partial charge in [0, 0.05) is 18.2 Å². The van der Waals surface area contributed by atoms with Crippen molar-refractivity contribution in [2.24, 2.45) is 0 Å². The van der Waals surface area contributed by atoms with E-state index in [1.54, 1.807) is 6.07 Å². The molecule has 3 aromatic rings. The quantitative estimate of drug-likeness (QED) is 0.585. The van der Waals surface area contributed by atoms with E-state index in [9.17, 15) is 9.59 Å². The average molecular weight is 445 g/mol. The molecule has 0 bridgehead atoms. The van der Waals surface area contributed by atoms with Crippen molar-refractivity contribution in [2.45, 2.75) is 26.3 Å². The Morgan fingerprint density at radius 2 is 1.96 bits per heavy atom. The lowest BCUT2D eigenvalue weighted by Gasteiger charge is -2.15. The van der Waals surface area contributed by atoms with Gasteiger partial charge in [-0.25, -0.2) is 4.68 Å². The highest BCUT2D eigenvalue weighted by molar-refractivity contribution is 9.10. The summed E-state index contributed by atoms with van der Waals surface area (Å²) >= 11 is 3.14. The lowest BCUT2D eigenvalue weighted by molar-refractivity contribution is -0.120. The van der Waals surface area contributed by atoms with E-state index in [1.165, 1.54) is 6.07 Å². The summed E-state index contributed by atoms with van der Waals surface area (Å²) in [4.78, 5) is 24.1. The van der Waals surface area contributed by atoms with Gasteiger partial charge in [-0.3, -0.25) is 9.59 Å². The van der Waals surface area contributed by atoms with E-state index in [-0.39, 0.29) is 24.3 Å². The third-order valence-corrected chi connectivity index (χ3v) is 4.46. The first-order valence-corrected chi connectivity index (χ1v) is 9.65. The summed E-state index contributed by atoms with van der Waals surface area (Å²) in [6.07, 6.45) is 0.612. The van der Waals surface area contributed by atoms with Crippen LogP contribution in [0.15, 0.2) is 57.6 Å². The van der Waals surface area contributed by atoms with Crippen molar-refractivity contribution in [1.29, 1.82) is 0 Å². The number of carbonyl (C=O) groups is 2. The minimum absolute atomic E-state index is 0.124. The molecule has 0 radical (unpaired) electrons. The Hall–Kier alpha value is -2.87. The van der Waals surface area contributed by atoms with E-state index >= 15 is 0 Å². The third kappa shape index (κ3) is 5.10. The van der Waals surface area contributed by atoms with Crippen LogP contribution in [0.5, 0.6) is 0 Å². The highest BCUT2D eigenvalue weighted by atomic mass is 79.9. The van der Waals surface area contributed by atoms with Crippen LogP contribution in [0.25, 0.3) is 5.69 Å². The van der Waals surface area contributed by atoms with Crippen molar-refractivity contribution in [2.75, 3.05) is 6.54 Å². The van der Waals surface area contributed by atoms with Crippen molar-refractivity contribution < 1.29 is 14.0 Å². The molecule has 2 heterocycles. The highest BCUT2D eigenvalue weighted by Crippen LogP contribution is 2.15. The first-order chi connectivity index (χ1) is 13.4. The van der Waals surface area contributed by atoms with Gasteiger partial charge in [-0.15, -0.1) is 0 Å². The number of para-hydroxylation sites is 1. The van der Waals surface area contributed by atoms with Crippen LogP contribution >= 0.6 is 15.9 Å². The van der Waals surface area contributed by atoms with E-state index in [2.05, 4.69) is 31.7 Å². The maximum atomic E-state index is 12.2. The number of nitrogens with one attached hydrogen (secondary N) is 2. The summed E-state index contributed by atoms with van der Waals surface area (Å²) in [5.41, 5.74) is 2.89. The van der Waals surface area contributed by atoms with E-state index in [4.69, 9.17) is 4.42 Å². The summed E-state index contributed by atoms with van der Waals surface area (Å²) < 4.78 is 7.50. The summed E-state index contributed by atoms with van der Waals surface area (Å²) in [5.74, 6) is -0.560. The average Bonchev–Trinajstić information content (AvgIpc) is 3.26. The fourth-order valence-electron chi connectivity index (χ4n) is 2.87.